The highest BCUT2D eigenvalue weighted by Crippen LogP contribution is 2.24. The van der Waals surface area contributed by atoms with E-state index in [4.69, 9.17) is 5.11 Å². The van der Waals surface area contributed by atoms with Crippen molar-refractivity contribution in [3.05, 3.63) is 102 Å². The Morgan fingerprint density at radius 1 is 0.760 bits per heavy atom. The maximum Gasteiger partial charge on any atom is 0.335 e. The first-order valence-electron chi connectivity index (χ1n) is 7.89. The van der Waals surface area contributed by atoms with Crippen LogP contribution in [-0.2, 0) is 0 Å². The molecule has 0 aromatic heterocycles. The van der Waals surface area contributed by atoms with Crippen LogP contribution in [0.4, 0.5) is 5.69 Å². The van der Waals surface area contributed by atoms with Crippen molar-refractivity contribution in [3.63, 3.8) is 0 Å². The number of rotatable bonds is 6. The molecule has 0 fully saturated rings. The SMILES string of the molecule is O=C(O)c1cccc(N[C@@H](C(=O)c2ccccc2)c2ccccc2)c1. The zero-order chi connectivity index (χ0) is 17.6. The van der Waals surface area contributed by atoms with Crippen molar-refractivity contribution in [3.8, 4) is 0 Å². The zero-order valence-corrected chi connectivity index (χ0v) is 13.4. The van der Waals surface area contributed by atoms with Crippen LogP contribution in [-0.4, -0.2) is 16.9 Å². The number of carbonyl (C=O) groups is 2. The topological polar surface area (TPSA) is 66.4 Å². The van der Waals surface area contributed by atoms with Gasteiger partial charge in [0.1, 0.15) is 6.04 Å². The first-order valence-corrected chi connectivity index (χ1v) is 7.89. The Kier molecular flexibility index (Phi) is 4.90. The van der Waals surface area contributed by atoms with Gasteiger partial charge in [-0.1, -0.05) is 66.7 Å². The minimum atomic E-state index is -1.01. The summed E-state index contributed by atoms with van der Waals surface area (Å²) in [6.07, 6.45) is 0. The second-order valence-corrected chi connectivity index (χ2v) is 5.60. The molecule has 0 heterocycles. The highest BCUT2D eigenvalue weighted by molar-refractivity contribution is 6.02. The maximum absolute atomic E-state index is 13.0. The largest absolute Gasteiger partial charge is 0.478 e. The third kappa shape index (κ3) is 3.93. The van der Waals surface area contributed by atoms with Crippen LogP contribution >= 0.6 is 0 Å². The molecule has 0 aliphatic rings. The number of anilines is 1. The summed E-state index contributed by atoms with van der Waals surface area (Å²) in [6, 6.07) is 24.3. The van der Waals surface area contributed by atoms with Crippen LogP contribution in [0.1, 0.15) is 32.3 Å². The van der Waals surface area contributed by atoms with Crippen molar-refractivity contribution in [2.45, 2.75) is 6.04 Å². The molecule has 4 heteroatoms. The predicted octanol–water partition coefficient (Wildman–Crippen LogP) is 4.42. The van der Waals surface area contributed by atoms with E-state index in [9.17, 15) is 9.59 Å². The van der Waals surface area contributed by atoms with Gasteiger partial charge in [0, 0.05) is 11.3 Å². The third-order valence-electron chi connectivity index (χ3n) is 3.87. The zero-order valence-electron chi connectivity index (χ0n) is 13.4. The number of carboxylic acid groups (broad SMARTS) is 1. The Bertz CT molecular complexity index is 876. The van der Waals surface area contributed by atoms with Crippen LogP contribution in [0, 0.1) is 0 Å². The summed E-state index contributed by atoms with van der Waals surface area (Å²) < 4.78 is 0. The number of hydrogen-bond donors (Lipinski definition) is 2. The molecule has 1 atom stereocenters. The lowest BCUT2D eigenvalue weighted by Crippen LogP contribution is -2.21. The average Bonchev–Trinajstić information content (AvgIpc) is 2.67. The number of hydrogen-bond acceptors (Lipinski definition) is 3. The maximum atomic E-state index is 13.0. The minimum absolute atomic E-state index is 0.0764. The lowest BCUT2D eigenvalue weighted by molar-refractivity contribution is 0.0696. The Morgan fingerprint density at radius 3 is 2.00 bits per heavy atom. The molecule has 0 unspecified atom stereocenters. The van der Waals surface area contributed by atoms with Crippen LogP contribution in [0.5, 0.6) is 0 Å². The van der Waals surface area contributed by atoms with Crippen molar-refractivity contribution >= 4 is 17.4 Å². The monoisotopic (exact) mass is 331 g/mol. The number of carbonyl (C=O) groups excluding carboxylic acids is 1. The molecule has 0 spiro atoms. The van der Waals surface area contributed by atoms with Crippen molar-refractivity contribution < 1.29 is 14.7 Å². The fourth-order valence-electron chi connectivity index (χ4n) is 2.62. The van der Waals surface area contributed by atoms with E-state index in [1.807, 2.05) is 48.5 Å². The van der Waals surface area contributed by atoms with Gasteiger partial charge >= 0.3 is 5.97 Å². The normalized spacial score (nSPS) is 11.5. The molecule has 3 aromatic carbocycles. The number of carboxylic acids is 1. The first kappa shape index (κ1) is 16.5. The Labute approximate surface area is 145 Å². The van der Waals surface area contributed by atoms with Gasteiger partial charge < -0.3 is 10.4 Å². The molecule has 2 N–H and O–H groups in total. The number of nitrogens with one attached hydrogen (secondary N) is 1. The lowest BCUT2D eigenvalue weighted by Gasteiger charge is -2.20. The van der Waals surface area contributed by atoms with E-state index in [0.29, 0.717) is 11.3 Å². The quantitative estimate of drug-likeness (QED) is 0.656. The van der Waals surface area contributed by atoms with E-state index in [1.54, 1.807) is 24.3 Å². The minimum Gasteiger partial charge on any atom is -0.478 e. The van der Waals surface area contributed by atoms with Gasteiger partial charge in [-0.2, -0.15) is 0 Å². The van der Waals surface area contributed by atoms with Crippen LogP contribution in [0.3, 0.4) is 0 Å². The molecule has 0 amide bonds. The Hall–Kier alpha value is -3.40. The number of ketones is 1. The third-order valence-corrected chi connectivity index (χ3v) is 3.87. The molecule has 4 nitrogen and oxygen atoms in total. The van der Waals surface area contributed by atoms with Gasteiger partial charge in [0.2, 0.25) is 0 Å². The second-order valence-electron chi connectivity index (χ2n) is 5.60. The van der Waals surface area contributed by atoms with Crippen molar-refractivity contribution in [1.82, 2.24) is 0 Å². The molecule has 0 bridgehead atoms. The average molecular weight is 331 g/mol. The van der Waals surface area contributed by atoms with Gasteiger partial charge in [-0.05, 0) is 23.8 Å². The van der Waals surface area contributed by atoms with E-state index < -0.39 is 12.0 Å². The Morgan fingerprint density at radius 2 is 1.36 bits per heavy atom. The standard InChI is InChI=1S/C21H17NO3/c23-20(16-10-5-2-6-11-16)19(15-8-3-1-4-9-15)22-18-13-7-12-17(14-18)21(24)25/h1-14,19,22H,(H,24,25)/t19-/m1/s1. The summed E-state index contributed by atoms with van der Waals surface area (Å²) >= 11 is 0. The van der Waals surface area contributed by atoms with E-state index in [2.05, 4.69) is 5.32 Å². The van der Waals surface area contributed by atoms with Crippen LogP contribution in [0.25, 0.3) is 0 Å². The molecule has 0 saturated carbocycles. The van der Waals surface area contributed by atoms with E-state index in [0.717, 1.165) is 5.56 Å². The number of aromatic carboxylic acids is 1. The fourth-order valence-corrected chi connectivity index (χ4v) is 2.62. The predicted molar refractivity (Wildman–Crippen MR) is 97.0 cm³/mol. The molecule has 0 radical (unpaired) electrons. The summed E-state index contributed by atoms with van der Waals surface area (Å²) in [5.74, 6) is -1.08. The van der Waals surface area contributed by atoms with Gasteiger partial charge in [0.05, 0.1) is 5.56 Å². The summed E-state index contributed by atoms with van der Waals surface area (Å²) in [4.78, 5) is 24.2. The molecular weight excluding hydrogens is 314 g/mol. The molecule has 0 aliphatic heterocycles. The molecule has 0 aliphatic carbocycles. The number of Topliss-reactive ketones (excluding diaryl/α,β-unsaturated/α-hetero) is 1. The Balaban J connectivity index is 1.96. The molecule has 25 heavy (non-hydrogen) atoms. The second kappa shape index (κ2) is 7.45. The summed E-state index contributed by atoms with van der Waals surface area (Å²) in [5.41, 5.74) is 2.16. The van der Waals surface area contributed by atoms with E-state index >= 15 is 0 Å². The summed E-state index contributed by atoms with van der Waals surface area (Å²) in [5, 5.41) is 12.3. The van der Waals surface area contributed by atoms with Crippen molar-refractivity contribution in [2.24, 2.45) is 0 Å². The molecule has 3 rings (SSSR count). The fraction of sp³-hybridized carbons (Fsp3) is 0.0476. The molecular formula is C21H17NO3. The molecule has 124 valence electrons. The molecule has 3 aromatic rings. The van der Waals surface area contributed by atoms with Crippen LogP contribution in [0.15, 0.2) is 84.9 Å². The lowest BCUT2D eigenvalue weighted by atomic mass is 9.97. The number of benzene rings is 3. The van der Waals surface area contributed by atoms with Gasteiger partial charge in [-0.3, -0.25) is 4.79 Å². The van der Waals surface area contributed by atoms with Gasteiger partial charge in [-0.25, -0.2) is 4.79 Å². The highest BCUT2D eigenvalue weighted by Gasteiger charge is 2.22. The van der Waals surface area contributed by atoms with E-state index in [1.165, 1.54) is 12.1 Å². The first-order chi connectivity index (χ1) is 12.1. The van der Waals surface area contributed by atoms with Gasteiger partial charge in [-0.15, -0.1) is 0 Å². The smallest absolute Gasteiger partial charge is 0.335 e. The van der Waals surface area contributed by atoms with Gasteiger partial charge in [0.25, 0.3) is 0 Å². The van der Waals surface area contributed by atoms with Crippen LogP contribution in [0.2, 0.25) is 0 Å². The van der Waals surface area contributed by atoms with Crippen molar-refractivity contribution in [2.75, 3.05) is 5.32 Å². The van der Waals surface area contributed by atoms with Gasteiger partial charge in [0.15, 0.2) is 5.78 Å². The summed E-state index contributed by atoms with van der Waals surface area (Å²) in [6.45, 7) is 0. The van der Waals surface area contributed by atoms with Crippen LogP contribution < -0.4 is 5.32 Å². The van der Waals surface area contributed by atoms with E-state index in [-0.39, 0.29) is 11.3 Å². The summed E-state index contributed by atoms with van der Waals surface area (Å²) in [7, 11) is 0. The molecule has 0 saturated heterocycles. The highest BCUT2D eigenvalue weighted by atomic mass is 16.4. The van der Waals surface area contributed by atoms with Crippen molar-refractivity contribution in [1.29, 1.82) is 0 Å².